The number of amides is 1. The molecule has 0 radical (unpaired) electrons. The molecule has 1 amide bonds. The van der Waals surface area contributed by atoms with Gasteiger partial charge in [-0.15, -0.1) is 0 Å². The number of carbonyl (C=O) groups excluding carboxylic acids is 1. The van der Waals surface area contributed by atoms with Crippen molar-refractivity contribution in [2.45, 2.75) is 42.4 Å². The van der Waals surface area contributed by atoms with Crippen molar-refractivity contribution in [1.29, 1.82) is 0 Å². The molecule has 41 heavy (non-hydrogen) atoms. The zero-order valence-electron chi connectivity index (χ0n) is 23.1. The van der Waals surface area contributed by atoms with Gasteiger partial charge in [0.25, 0.3) is 0 Å². The molecule has 1 aliphatic carbocycles. The summed E-state index contributed by atoms with van der Waals surface area (Å²) in [5.74, 6) is 0.402. The van der Waals surface area contributed by atoms with Gasteiger partial charge in [0.2, 0.25) is 15.9 Å². The molecule has 1 N–H and O–H groups in total. The first-order valence-electron chi connectivity index (χ1n) is 13.9. The number of benzene rings is 3. The highest BCUT2D eigenvalue weighted by atomic mass is 35.5. The van der Waals surface area contributed by atoms with Crippen LogP contribution in [0.15, 0.2) is 71.6 Å². The highest BCUT2D eigenvalue weighted by Gasteiger charge is 2.45. The third kappa shape index (κ3) is 6.37. The van der Waals surface area contributed by atoms with Crippen LogP contribution in [0.1, 0.15) is 36.8 Å². The molecule has 2 fully saturated rings. The van der Waals surface area contributed by atoms with Crippen molar-refractivity contribution in [2.75, 3.05) is 44.7 Å². The Morgan fingerprint density at radius 3 is 2.27 bits per heavy atom. The normalized spacial score (nSPS) is 17.0. The summed E-state index contributed by atoms with van der Waals surface area (Å²) in [5, 5.41) is 0.657. The lowest BCUT2D eigenvalue weighted by Gasteiger charge is -2.41. The summed E-state index contributed by atoms with van der Waals surface area (Å²) < 4.78 is 47.6. The number of anilines is 1. The fraction of sp³-hybridized carbons (Fsp3) is 0.387. The fourth-order valence-corrected chi connectivity index (χ4v) is 7.15. The topological polar surface area (TPSA) is 79.0 Å². The number of halogens is 2. The smallest absolute Gasteiger partial charge is 0.240 e. The summed E-state index contributed by atoms with van der Waals surface area (Å²) >= 11 is 6.12. The second-order valence-electron chi connectivity index (χ2n) is 10.7. The summed E-state index contributed by atoms with van der Waals surface area (Å²) in [5.41, 5.74) is 2.03. The van der Waals surface area contributed by atoms with Crippen molar-refractivity contribution in [3.63, 3.8) is 0 Å². The molecule has 7 nitrogen and oxygen atoms in total. The predicted octanol–water partition coefficient (Wildman–Crippen LogP) is 5.17. The van der Waals surface area contributed by atoms with E-state index < -0.39 is 15.4 Å². The minimum Gasteiger partial charge on any atom is -0.495 e. The first-order chi connectivity index (χ1) is 19.7. The quantitative estimate of drug-likeness (QED) is 0.367. The molecule has 218 valence electrons. The molecule has 5 rings (SSSR count). The minimum atomic E-state index is -3.78. The monoisotopic (exact) mass is 599 g/mol. The molecule has 0 bridgehead atoms. The van der Waals surface area contributed by atoms with E-state index in [1.165, 1.54) is 18.2 Å². The molecule has 0 spiro atoms. The van der Waals surface area contributed by atoms with Crippen LogP contribution in [0.5, 0.6) is 5.75 Å². The van der Waals surface area contributed by atoms with Gasteiger partial charge in [-0.05, 0) is 72.9 Å². The second-order valence-corrected chi connectivity index (χ2v) is 12.9. The van der Waals surface area contributed by atoms with Gasteiger partial charge < -0.3 is 14.5 Å². The largest absolute Gasteiger partial charge is 0.495 e. The van der Waals surface area contributed by atoms with Crippen molar-refractivity contribution in [1.82, 2.24) is 9.62 Å². The summed E-state index contributed by atoms with van der Waals surface area (Å²) in [4.78, 5) is 18.1. The zero-order chi connectivity index (χ0) is 29.0. The number of hydrogen-bond acceptors (Lipinski definition) is 5. The molecule has 0 unspecified atom stereocenters. The van der Waals surface area contributed by atoms with E-state index in [9.17, 15) is 17.6 Å². The summed E-state index contributed by atoms with van der Waals surface area (Å²) in [6.45, 7) is 2.36. The highest BCUT2D eigenvalue weighted by Crippen LogP contribution is 2.43. The average Bonchev–Trinajstić information content (AvgIpc) is 3.49. The van der Waals surface area contributed by atoms with Crippen LogP contribution in [0.25, 0.3) is 0 Å². The molecule has 10 heteroatoms. The van der Waals surface area contributed by atoms with Gasteiger partial charge in [-0.25, -0.2) is 17.5 Å². The molecule has 1 saturated carbocycles. The average molecular weight is 600 g/mol. The third-order valence-electron chi connectivity index (χ3n) is 8.25. The van der Waals surface area contributed by atoms with Crippen LogP contribution in [0.2, 0.25) is 5.02 Å². The van der Waals surface area contributed by atoms with Gasteiger partial charge in [0.15, 0.2) is 0 Å². The summed E-state index contributed by atoms with van der Waals surface area (Å²) in [7, 11) is -2.22. The number of hydrogen-bond donors (Lipinski definition) is 1. The molecular formula is C31H35ClFN3O4S. The molecule has 1 saturated heterocycles. The number of ether oxygens (including phenoxy) is 1. The summed E-state index contributed by atoms with van der Waals surface area (Å²) in [6, 6.07) is 18.5. The van der Waals surface area contributed by atoms with E-state index in [0.29, 0.717) is 49.1 Å². The first-order valence-corrected chi connectivity index (χ1v) is 15.8. The van der Waals surface area contributed by atoms with E-state index in [4.69, 9.17) is 16.3 Å². The van der Waals surface area contributed by atoms with Crippen LogP contribution in [-0.2, 0) is 26.7 Å². The summed E-state index contributed by atoms with van der Waals surface area (Å²) in [6.07, 6.45) is 4.14. The van der Waals surface area contributed by atoms with E-state index in [1.807, 2.05) is 29.2 Å². The molecule has 3 aromatic rings. The van der Waals surface area contributed by atoms with Crippen LogP contribution >= 0.6 is 11.6 Å². The van der Waals surface area contributed by atoms with E-state index in [-0.39, 0.29) is 23.2 Å². The van der Waals surface area contributed by atoms with Gasteiger partial charge in [-0.2, -0.15) is 0 Å². The van der Waals surface area contributed by atoms with E-state index in [1.54, 1.807) is 31.4 Å². The highest BCUT2D eigenvalue weighted by molar-refractivity contribution is 7.89. The van der Waals surface area contributed by atoms with Gasteiger partial charge in [0.1, 0.15) is 11.6 Å². The van der Waals surface area contributed by atoms with Crippen LogP contribution in [0.4, 0.5) is 10.1 Å². The molecule has 0 atom stereocenters. The Hall–Kier alpha value is -3.14. The Balaban J connectivity index is 1.27. The molecule has 1 heterocycles. The predicted molar refractivity (Wildman–Crippen MR) is 159 cm³/mol. The molecule has 0 aromatic heterocycles. The van der Waals surface area contributed by atoms with Crippen molar-refractivity contribution in [3.8, 4) is 5.75 Å². The second kappa shape index (κ2) is 12.4. The Morgan fingerprint density at radius 1 is 0.976 bits per heavy atom. The Labute approximate surface area is 246 Å². The number of methoxy groups -OCH3 is 1. The SMILES string of the molecule is COc1ccc(S(=O)(=O)NCCc2ccc(F)cc2)cc1N1CCN(C(=O)C2(c3ccc(Cl)cc3)CCCC2)CC1. The van der Waals surface area contributed by atoms with Crippen molar-refractivity contribution >= 4 is 33.2 Å². The maximum Gasteiger partial charge on any atom is 0.240 e. The van der Waals surface area contributed by atoms with Crippen LogP contribution in [0, 0.1) is 5.82 Å². The van der Waals surface area contributed by atoms with Gasteiger partial charge in [0, 0.05) is 37.7 Å². The lowest BCUT2D eigenvalue weighted by atomic mass is 9.77. The number of rotatable bonds is 9. The Bertz CT molecular complexity index is 1470. The fourth-order valence-electron chi connectivity index (χ4n) is 5.97. The van der Waals surface area contributed by atoms with Gasteiger partial charge >= 0.3 is 0 Å². The standard InChI is InChI=1S/C31H35ClFN3O4S/c1-40-29-13-12-27(41(38,39)34-17-14-23-4-10-26(33)11-5-23)22-28(29)35-18-20-36(21-19-35)30(37)31(15-2-3-16-31)24-6-8-25(32)9-7-24/h4-13,22,34H,2-3,14-21H2,1H3. The first kappa shape index (κ1) is 29.4. The van der Waals surface area contributed by atoms with Gasteiger partial charge in [-0.1, -0.05) is 48.7 Å². The maximum absolute atomic E-state index is 13.9. The van der Waals surface area contributed by atoms with Crippen molar-refractivity contribution in [3.05, 3.63) is 88.7 Å². The Morgan fingerprint density at radius 2 is 1.63 bits per heavy atom. The Kier molecular flexibility index (Phi) is 8.87. The number of sulfonamides is 1. The van der Waals surface area contributed by atoms with Crippen LogP contribution < -0.4 is 14.4 Å². The molecular weight excluding hydrogens is 565 g/mol. The number of carbonyl (C=O) groups is 1. The third-order valence-corrected chi connectivity index (χ3v) is 9.96. The maximum atomic E-state index is 13.9. The van der Waals surface area contributed by atoms with Gasteiger partial charge in [-0.3, -0.25) is 4.79 Å². The van der Waals surface area contributed by atoms with Crippen molar-refractivity contribution < 1.29 is 22.3 Å². The van der Waals surface area contributed by atoms with Crippen LogP contribution in [0.3, 0.4) is 0 Å². The zero-order valence-corrected chi connectivity index (χ0v) is 24.7. The number of nitrogens with one attached hydrogen (secondary N) is 1. The van der Waals surface area contributed by atoms with Crippen LogP contribution in [-0.4, -0.2) is 59.1 Å². The van der Waals surface area contributed by atoms with Gasteiger partial charge in [0.05, 0.1) is 23.1 Å². The van der Waals surface area contributed by atoms with E-state index >= 15 is 0 Å². The van der Waals surface area contributed by atoms with E-state index in [0.717, 1.165) is 36.8 Å². The van der Waals surface area contributed by atoms with E-state index in [2.05, 4.69) is 9.62 Å². The molecule has 1 aliphatic heterocycles. The molecule has 2 aliphatic rings. The van der Waals surface area contributed by atoms with Crippen molar-refractivity contribution in [2.24, 2.45) is 0 Å². The lowest BCUT2D eigenvalue weighted by molar-refractivity contribution is -0.137. The lowest BCUT2D eigenvalue weighted by Crippen LogP contribution is -2.54. The number of piperazine rings is 1. The minimum absolute atomic E-state index is 0.138. The molecule has 3 aromatic carbocycles. The number of nitrogens with zero attached hydrogens (tertiary/aromatic N) is 2.